The van der Waals surface area contributed by atoms with E-state index in [0.29, 0.717) is 27.6 Å². The zero-order valence-corrected chi connectivity index (χ0v) is 14.1. The Kier molecular flexibility index (Phi) is 3.76. The lowest BCUT2D eigenvalue weighted by Crippen LogP contribution is -2.30. The van der Waals surface area contributed by atoms with Crippen LogP contribution >= 0.6 is 11.6 Å². The minimum absolute atomic E-state index is 0.111. The molecule has 25 heavy (non-hydrogen) atoms. The van der Waals surface area contributed by atoms with Gasteiger partial charge in [0.1, 0.15) is 18.0 Å². The summed E-state index contributed by atoms with van der Waals surface area (Å²) in [7, 11) is 0. The Morgan fingerprint density at radius 2 is 2.12 bits per heavy atom. The van der Waals surface area contributed by atoms with Gasteiger partial charge in [-0.05, 0) is 25.8 Å². The van der Waals surface area contributed by atoms with Crippen molar-refractivity contribution >= 4 is 34.4 Å². The second-order valence-corrected chi connectivity index (χ2v) is 6.42. The number of nitrogens with zero attached hydrogens (tertiary/aromatic N) is 4. The number of aryl methyl sites for hydroxylation is 1. The van der Waals surface area contributed by atoms with Gasteiger partial charge in [-0.15, -0.1) is 0 Å². The van der Waals surface area contributed by atoms with Gasteiger partial charge in [-0.25, -0.2) is 14.6 Å². The molecule has 0 aromatic carbocycles. The van der Waals surface area contributed by atoms with E-state index in [1.54, 1.807) is 13.0 Å². The molecule has 0 atom stereocenters. The fraction of sp³-hybridized carbons (Fsp3) is 0.312. The lowest BCUT2D eigenvalue weighted by molar-refractivity contribution is -0.117. The molecular weight excluding hydrogens is 346 g/mol. The molecule has 4 rings (SSSR count). The predicted octanol–water partition coefficient (Wildman–Crippen LogP) is 2.26. The maximum atomic E-state index is 12.6. The first kappa shape index (κ1) is 15.8. The standard InChI is InChI=1S/C16H14ClN5O3/c1-8-14-11(4-12(25-14)9-2-3-9)15(24)22(21-8)7-13(23)20-16-18-5-10(17)6-19-16/h4-6,9H,2-3,7H2,1H3,(H,18,19,20,23). The summed E-state index contributed by atoms with van der Waals surface area (Å²) in [5, 5.41) is 7.49. The van der Waals surface area contributed by atoms with Crippen molar-refractivity contribution in [3.8, 4) is 0 Å². The smallest absolute Gasteiger partial charge is 0.278 e. The van der Waals surface area contributed by atoms with E-state index in [1.807, 2.05) is 0 Å². The summed E-state index contributed by atoms with van der Waals surface area (Å²) in [5.41, 5.74) is 0.699. The minimum atomic E-state index is -0.457. The van der Waals surface area contributed by atoms with E-state index in [0.717, 1.165) is 23.3 Å². The Balaban J connectivity index is 1.60. The van der Waals surface area contributed by atoms with Gasteiger partial charge in [-0.2, -0.15) is 5.10 Å². The molecule has 128 valence electrons. The number of halogens is 1. The van der Waals surface area contributed by atoms with Crippen LogP contribution in [0.2, 0.25) is 5.02 Å². The molecule has 3 aromatic rings. The Bertz CT molecular complexity index is 1020. The van der Waals surface area contributed by atoms with Crippen molar-refractivity contribution < 1.29 is 9.21 Å². The van der Waals surface area contributed by atoms with Crippen molar-refractivity contribution in [3.63, 3.8) is 0 Å². The maximum Gasteiger partial charge on any atom is 0.278 e. The molecule has 3 heterocycles. The molecule has 1 aliphatic rings. The predicted molar refractivity (Wildman–Crippen MR) is 90.7 cm³/mol. The Labute approximate surface area is 146 Å². The molecule has 0 spiro atoms. The van der Waals surface area contributed by atoms with Crippen LogP contribution in [0.5, 0.6) is 0 Å². The lowest BCUT2D eigenvalue weighted by Gasteiger charge is -2.06. The summed E-state index contributed by atoms with van der Waals surface area (Å²) in [4.78, 5) is 32.5. The van der Waals surface area contributed by atoms with Crippen LogP contribution in [0.25, 0.3) is 11.0 Å². The van der Waals surface area contributed by atoms with E-state index in [-0.39, 0.29) is 18.1 Å². The van der Waals surface area contributed by atoms with Crippen LogP contribution in [0.1, 0.15) is 30.2 Å². The summed E-state index contributed by atoms with van der Waals surface area (Å²) in [6.07, 6.45) is 4.89. The van der Waals surface area contributed by atoms with E-state index in [4.69, 9.17) is 16.0 Å². The molecule has 9 heteroatoms. The van der Waals surface area contributed by atoms with Crippen LogP contribution in [0.15, 0.2) is 27.7 Å². The Morgan fingerprint density at radius 3 is 2.80 bits per heavy atom. The average Bonchev–Trinajstić information content (AvgIpc) is 3.33. The van der Waals surface area contributed by atoms with Gasteiger partial charge in [0.25, 0.3) is 5.56 Å². The highest BCUT2D eigenvalue weighted by Crippen LogP contribution is 2.41. The highest BCUT2D eigenvalue weighted by atomic mass is 35.5. The molecule has 0 saturated heterocycles. The summed E-state index contributed by atoms with van der Waals surface area (Å²) in [5.74, 6) is 0.861. The first-order chi connectivity index (χ1) is 12.0. The van der Waals surface area contributed by atoms with Crippen molar-refractivity contribution in [1.82, 2.24) is 19.7 Å². The second-order valence-electron chi connectivity index (χ2n) is 5.99. The molecule has 0 bridgehead atoms. The molecule has 0 aliphatic heterocycles. The van der Waals surface area contributed by atoms with Gasteiger partial charge in [0.2, 0.25) is 11.9 Å². The molecule has 1 fully saturated rings. The number of carbonyl (C=O) groups excluding carboxylic acids is 1. The monoisotopic (exact) mass is 359 g/mol. The largest absolute Gasteiger partial charge is 0.459 e. The van der Waals surface area contributed by atoms with Crippen LogP contribution in [-0.2, 0) is 11.3 Å². The van der Waals surface area contributed by atoms with Gasteiger partial charge in [0.05, 0.1) is 22.8 Å². The number of furan rings is 1. The molecule has 1 N–H and O–H groups in total. The highest BCUT2D eigenvalue weighted by Gasteiger charge is 2.28. The number of anilines is 1. The molecule has 3 aromatic heterocycles. The Hall–Kier alpha value is -2.74. The van der Waals surface area contributed by atoms with Crippen LogP contribution < -0.4 is 10.9 Å². The topological polar surface area (TPSA) is 103 Å². The molecule has 1 saturated carbocycles. The number of hydrogen-bond acceptors (Lipinski definition) is 6. The van der Waals surface area contributed by atoms with Crippen molar-refractivity contribution in [2.45, 2.75) is 32.2 Å². The number of hydrogen-bond donors (Lipinski definition) is 1. The fourth-order valence-corrected chi connectivity index (χ4v) is 2.70. The number of rotatable bonds is 4. The Morgan fingerprint density at radius 1 is 1.40 bits per heavy atom. The zero-order valence-electron chi connectivity index (χ0n) is 13.3. The average molecular weight is 360 g/mol. The van der Waals surface area contributed by atoms with Gasteiger partial charge in [-0.1, -0.05) is 11.6 Å². The number of amides is 1. The first-order valence-electron chi connectivity index (χ1n) is 7.80. The fourth-order valence-electron chi connectivity index (χ4n) is 2.60. The van der Waals surface area contributed by atoms with Crippen LogP contribution in [0.4, 0.5) is 5.95 Å². The van der Waals surface area contributed by atoms with E-state index in [2.05, 4.69) is 20.4 Å². The highest BCUT2D eigenvalue weighted by molar-refractivity contribution is 6.30. The molecular formula is C16H14ClN5O3. The van der Waals surface area contributed by atoms with Gasteiger partial charge in [-0.3, -0.25) is 14.9 Å². The molecule has 8 nitrogen and oxygen atoms in total. The summed E-state index contributed by atoms with van der Waals surface area (Å²) in [6.45, 7) is 1.50. The van der Waals surface area contributed by atoms with Gasteiger partial charge in [0, 0.05) is 5.92 Å². The molecule has 1 amide bonds. The first-order valence-corrected chi connectivity index (χ1v) is 8.17. The number of fused-ring (bicyclic) bond motifs is 1. The third-order valence-electron chi connectivity index (χ3n) is 3.96. The molecule has 0 unspecified atom stereocenters. The molecule has 0 radical (unpaired) electrons. The van der Waals surface area contributed by atoms with E-state index in [1.165, 1.54) is 12.4 Å². The zero-order chi connectivity index (χ0) is 17.6. The summed E-state index contributed by atoms with van der Waals surface area (Å²) >= 11 is 5.70. The van der Waals surface area contributed by atoms with Gasteiger partial charge in [0.15, 0.2) is 5.58 Å². The van der Waals surface area contributed by atoms with Gasteiger partial charge >= 0.3 is 0 Å². The van der Waals surface area contributed by atoms with Gasteiger partial charge < -0.3 is 4.42 Å². The maximum absolute atomic E-state index is 12.6. The van der Waals surface area contributed by atoms with E-state index in [9.17, 15) is 9.59 Å². The normalized spacial score (nSPS) is 14.0. The second kappa shape index (κ2) is 5.96. The van der Waals surface area contributed by atoms with Crippen molar-refractivity contribution in [2.24, 2.45) is 0 Å². The number of aromatic nitrogens is 4. The summed E-state index contributed by atoms with van der Waals surface area (Å²) in [6, 6.07) is 1.76. The lowest BCUT2D eigenvalue weighted by atomic mass is 10.2. The number of nitrogens with one attached hydrogen (secondary N) is 1. The van der Waals surface area contributed by atoms with Crippen molar-refractivity contribution in [2.75, 3.05) is 5.32 Å². The van der Waals surface area contributed by atoms with Crippen LogP contribution in [-0.4, -0.2) is 25.7 Å². The summed E-state index contributed by atoms with van der Waals surface area (Å²) < 4.78 is 6.88. The number of carbonyl (C=O) groups is 1. The van der Waals surface area contributed by atoms with Crippen molar-refractivity contribution in [1.29, 1.82) is 0 Å². The SMILES string of the molecule is Cc1nn(CC(=O)Nc2ncc(Cl)cn2)c(=O)c2cc(C3CC3)oc12. The molecule has 1 aliphatic carbocycles. The van der Waals surface area contributed by atoms with Crippen LogP contribution in [0.3, 0.4) is 0 Å². The minimum Gasteiger partial charge on any atom is -0.459 e. The van der Waals surface area contributed by atoms with Crippen LogP contribution in [0, 0.1) is 6.92 Å². The van der Waals surface area contributed by atoms with E-state index >= 15 is 0 Å². The van der Waals surface area contributed by atoms with E-state index < -0.39 is 5.91 Å². The third-order valence-corrected chi connectivity index (χ3v) is 4.16. The third kappa shape index (κ3) is 3.12. The quantitative estimate of drug-likeness (QED) is 0.766. The van der Waals surface area contributed by atoms with Crippen molar-refractivity contribution in [3.05, 3.63) is 45.3 Å².